The molecule has 1 aliphatic rings. The van der Waals surface area contributed by atoms with Crippen molar-refractivity contribution < 1.29 is 19.4 Å². The largest absolute Gasteiger partial charge is 0.396 e. The molecule has 0 bridgehead atoms. The van der Waals surface area contributed by atoms with Gasteiger partial charge in [0, 0.05) is 13.7 Å². The second kappa shape index (κ2) is 9.27. The molecule has 1 amide bonds. The Labute approximate surface area is 108 Å². The number of methoxy groups -OCH3 is 1. The molecule has 0 spiro atoms. The van der Waals surface area contributed by atoms with Crippen molar-refractivity contribution in [3.63, 3.8) is 0 Å². The third kappa shape index (κ3) is 6.30. The number of carbonyl (C=O) groups excluding carboxylic acids is 1. The summed E-state index contributed by atoms with van der Waals surface area (Å²) < 4.78 is 10.5. The molecule has 6 nitrogen and oxygen atoms in total. The molecule has 1 fully saturated rings. The van der Waals surface area contributed by atoms with Crippen LogP contribution in [0.3, 0.4) is 0 Å². The highest BCUT2D eigenvalue weighted by atomic mass is 16.5. The fraction of sp³-hybridized carbons (Fsp3) is 0.917. The van der Waals surface area contributed by atoms with Gasteiger partial charge in [-0.25, -0.2) is 0 Å². The lowest BCUT2D eigenvalue weighted by Gasteiger charge is -2.23. The summed E-state index contributed by atoms with van der Waals surface area (Å²) in [5.74, 6) is -0.149. The molecule has 0 aromatic carbocycles. The van der Waals surface area contributed by atoms with Crippen molar-refractivity contribution in [1.82, 2.24) is 10.6 Å². The Morgan fingerprint density at radius 3 is 2.83 bits per heavy atom. The first kappa shape index (κ1) is 15.4. The van der Waals surface area contributed by atoms with Crippen molar-refractivity contribution in [3.8, 4) is 0 Å². The van der Waals surface area contributed by atoms with E-state index in [9.17, 15) is 4.79 Å². The zero-order valence-electron chi connectivity index (χ0n) is 11.0. The van der Waals surface area contributed by atoms with Crippen LogP contribution < -0.4 is 10.6 Å². The average molecular weight is 260 g/mol. The minimum absolute atomic E-state index is 0.0312. The van der Waals surface area contributed by atoms with Crippen LogP contribution in [0.4, 0.5) is 0 Å². The van der Waals surface area contributed by atoms with Crippen molar-refractivity contribution in [2.75, 3.05) is 40.0 Å². The molecule has 0 radical (unpaired) electrons. The van der Waals surface area contributed by atoms with Crippen LogP contribution in [0, 0.1) is 0 Å². The second-order valence-corrected chi connectivity index (χ2v) is 4.49. The van der Waals surface area contributed by atoms with Gasteiger partial charge in [-0.05, 0) is 32.4 Å². The summed E-state index contributed by atoms with van der Waals surface area (Å²) >= 11 is 0. The van der Waals surface area contributed by atoms with E-state index in [0.29, 0.717) is 13.0 Å². The molecule has 1 heterocycles. The highest BCUT2D eigenvalue weighted by Crippen LogP contribution is 2.06. The highest BCUT2D eigenvalue weighted by molar-refractivity contribution is 5.77. The van der Waals surface area contributed by atoms with Gasteiger partial charge < -0.3 is 25.2 Å². The molecule has 3 N–H and O–H groups in total. The van der Waals surface area contributed by atoms with E-state index in [2.05, 4.69) is 10.6 Å². The first-order chi connectivity index (χ1) is 8.76. The van der Waals surface area contributed by atoms with Crippen molar-refractivity contribution in [1.29, 1.82) is 0 Å². The Morgan fingerprint density at radius 1 is 1.50 bits per heavy atom. The number of aliphatic hydroxyl groups excluding tert-OH is 1. The first-order valence-electron chi connectivity index (χ1n) is 6.47. The van der Waals surface area contributed by atoms with Gasteiger partial charge in [0.15, 0.2) is 0 Å². The van der Waals surface area contributed by atoms with E-state index in [1.807, 2.05) is 0 Å². The number of amides is 1. The molecule has 18 heavy (non-hydrogen) atoms. The van der Waals surface area contributed by atoms with Gasteiger partial charge in [0.05, 0.1) is 18.8 Å². The maximum Gasteiger partial charge on any atom is 0.246 e. The molecular weight excluding hydrogens is 236 g/mol. The van der Waals surface area contributed by atoms with Gasteiger partial charge in [-0.2, -0.15) is 0 Å². The smallest absolute Gasteiger partial charge is 0.246 e. The first-order valence-corrected chi connectivity index (χ1v) is 6.47. The van der Waals surface area contributed by atoms with Gasteiger partial charge >= 0.3 is 0 Å². The number of ether oxygens (including phenoxy) is 2. The molecule has 0 aromatic rings. The van der Waals surface area contributed by atoms with E-state index in [1.54, 1.807) is 7.11 Å². The Kier molecular flexibility index (Phi) is 7.91. The number of nitrogens with one attached hydrogen (secondary N) is 2. The Balaban J connectivity index is 2.17. The fourth-order valence-electron chi connectivity index (χ4n) is 1.98. The van der Waals surface area contributed by atoms with Crippen LogP contribution in [0.5, 0.6) is 0 Å². The lowest BCUT2D eigenvalue weighted by molar-refractivity contribution is -0.129. The number of hydrogen-bond acceptors (Lipinski definition) is 5. The molecule has 0 aromatic heterocycles. The van der Waals surface area contributed by atoms with E-state index in [4.69, 9.17) is 14.6 Å². The lowest BCUT2D eigenvalue weighted by atomic mass is 10.1. The summed E-state index contributed by atoms with van der Waals surface area (Å²) in [7, 11) is 1.57. The quantitative estimate of drug-likeness (QED) is 0.536. The molecule has 0 aliphatic carbocycles. The van der Waals surface area contributed by atoms with Crippen LogP contribution in [0.1, 0.15) is 19.3 Å². The van der Waals surface area contributed by atoms with Crippen LogP contribution in [-0.4, -0.2) is 63.2 Å². The SMILES string of the molecule is COCC(CCO)NC(=O)COC1CCNCC1. The monoisotopic (exact) mass is 260 g/mol. The summed E-state index contributed by atoms with van der Waals surface area (Å²) in [6.07, 6.45) is 2.57. The summed E-state index contributed by atoms with van der Waals surface area (Å²) in [4.78, 5) is 11.7. The van der Waals surface area contributed by atoms with Crippen LogP contribution >= 0.6 is 0 Å². The van der Waals surface area contributed by atoms with Crippen molar-refractivity contribution >= 4 is 5.91 Å². The van der Waals surface area contributed by atoms with Gasteiger partial charge in [-0.3, -0.25) is 4.79 Å². The predicted octanol–water partition coefficient (Wildman–Crippen LogP) is -0.731. The Morgan fingerprint density at radius 2 is 2.22 bits per heavy atom. The van der Waals surface area contributed by atoms with Crippen molar-refractivity contribution in [2.45, 2.75) is 31.4 Å². The molecule has 1 aliphatic heterocycles. The standard InChI is InChI=1S/C12H24N2O4/c1-17-8-10(4-7-15)14-12(16)9-18-11-2-5-13-6-3-11/h10-11,13,15H,2-9H2,1H3,(H,14,16). The number of piperidine rings is 1. The second-order valence-electron chi connectivity index (χ2n) is 4.49. The number of aliphatic hydroxyl groups is 1. The Bertz CT molecular complexity index is 226. The third-order valence-corrected chi connectivity index (χ3v) is 2.95. The zero-order valence-corrected chi connectivity index (χ0v) is 11.0. The summed E-state index contributed by atoms with van der Waals surface area (Å²) in [5, 5.41) is 14.9. The van der Waals surface area contributed by atoms with Crippen LogP contribution in [0.2, 0.25) is 0 Å². The van der Waals surface area contributed by atoms with Crippen LogP contribution in [0.15, 0.2) is 0 Å². The average Bonchev–Trinajstić information content (AvgIpc) is 2.38. The maximum absolute atomic E-state index is 11.7. The number of hydrogen-bond donors (Lipinski definition) is 3. The molecule has 6 heteroatoms. The van der Waals surface area contributed by atoms with Gasteiger partial charge in [-0.1, -0.05) is 0 Å². The topological polar surface area (TPSA) is 79.8 Å². The molecular formula is C12H24N2O4. The number of carbonyl (C=O) groups is 1. The van der Waals surface area contributed by atoms with Crippen molar-refractivity contribution in [2.24, 2.45) is 0 Å². The minimum Gasteiger partial charge on any atom is -0.396 e. The summed E-state index contributed by atoms with van der Waals surface area (Å²) in [5.41, 5.74) is 0. The highest BCUT2D eigenvalue weighted by Gasteiger charge is 2.16. The molecule has 0 saturated carbocycles. The Hall–Kier alpha value is -0.690. The zero-order chi connectivity index (χ0) is 13.2. The van der Waals surface area contributed by atoms with Gasteiger partial charge in [-0.15, -0.1) is 0 Å². The van der Waals surface area contributed by atoms with E-state index in [-0.39, 0.29) is 31.3 Å². The van der Waals surface area contributed by atoms with E-state index >= 15 is 0 Å². The third-order valence-electron chi connectivity index (χ3n) is 2.95. The maximum atomic E-state index is 11.7. The minimum atomic E-state index is -0.149. The summed E-state index contributed by atoms with van der Waals surface area (Å²) in [6.45, 7) is 2.41. The number of rotatable bonds is 8. The van der Waals surface area contributed by atoms with E-state index in [0.717, 1.165) is 25.9 Å². The van der Waals surface area contributed by atoms with Crippen LogP contribution in [0.25, 0.3) is 0 Å². The van der Waals surface area contributed by atoms with E-state index in [1.165, 1.54) is 0 Å². The normalized spacial score (nSPS) is 18.6. The van der Waals surface area contributed by atoms with E-state index < -0.39 is 0 Å². The summed E-state index contributed by atoms with van der Waals surface area (Å²) in [6, 6.07) is -0.149. The van der Waals surface area contributed by atoms with Gasteiger partial charge in [0.1, 0.15) is 6.61 Å². The molecule has 1 saturated heterocycles. The molecule has 1 atom stereocenters. The molecule has 1 unspecified atom stereocenters. The predicted molar refractivity (Wildman–Crippen MR) is 67.4 cm³/mol. The molecule has 1 rings (SSSR count). The van der Waals surface area contributed by atoms with Gasteiger partial charge in [0.25, 0.3) is 0 Å². The fourth-order valence-corrected chi connectivity index (χ4v) is 1.98. The van der Waals surface area contributed by atoms with Crippen LogP contribution in [-0.2, 0) is 14.3 Å². The van der Waals surface area contributed by atoms with Crippen molar-refractivity contribution in [3.05, 3.63) is 0 Å². The molecule has 106 valence electrons. The van der Waals surface area contributed by atoms with Gasteiger partial charge in [0.2, 0.25) is 5.91 Å². The lowest BCUT2D eigenvalue weighted by Crippen LogP contribution is -2.42.